The molecule has 4 aliphatic rings. The van der Waals surface area contributed by atoms with Crippen LogP contribution in [-0.2, 0) is 36.7 Å². The van der Waals surface area contributed by atoms with Gasteiger partial charge in [-0.15, -0.1) is 0 Å². The molecule has 3 aromatic rings. The highest BCUT2D eigenvalue weighted by molar-refractivity contribution is 8.44. The fraction of sp³-hybridized carbons (Fsp3) is 0.500. The van der Waals surface area contributed by atoms with Crippen LogP contribution >= 0.6 is 38.1 Å². The normalized spacial score (nSPS) is 38.3. The van der Waals surface area contributed by atoms with Crippen molar-refractivity contribution in [3.8, 4) is 0 Å². The van der Waals surface area contributed by atoms with E-state index < -0.39 is 63.2 Å². The van der Waals surface area contributed by atoms with E-state index in [9.17, 15) is 18.7 Å². The molecule has 16 nitrogen and oxygen atoms in total. The summed E-state index contributed by atoms with van der Waals surface area (Å²) in [5.74, 6) is 0.00864. The fourth-order valence-corrected chi connectivity index (χ4v) is 8.39. The lowest BCUT2D eigenvalue weighted by Crippen LogP contribution is -2.33. The van der Waals surface area contributed by atoms with Crippen LogP contribution in [0.2, 0.25) is 0 Å². The molecule has 0 aromatic carbocycles. The number of carbonyl (C=O) groups excluding carboxylic acids is 1. The maximum atomic E-state index is 15.9. The summed E-state index contributed by atoms with van der Waals surface area (Å²) in [7, 11) is 0. The SMILES string of the molecule is O=C1CC=Nc2c1ncn2[C@@H]1O[C@@H]2CO[P@@](=O)(S)O[C@@H]3C[C@@H](COP(=O)(S)O[C@H]2[C@@H]1F)O[C@H]3n1ccc(=O)n2ccnc12. The molecular weight excluding hydrogens is 653 g/mol. The van der Waals surface area contributed by atoms with Gasteiger partial charge in [-0.05, 0) is 0 Å². The second-order valence-electron chi connectivity index (χ2n) is 10.1. The Hall–Kier alpha value is -2.18. The van der Waals surface area contributed by atoms with Crippen molar-refractivity contribution in [2.75, 3.05) is 13.2 Å². The molecule has 3 saturated heterocycles. The topological polar surface area (TPSA) is 176 Å². The van der Waals surface area contributed by atoms with E-state index in [0.717, 1.165) is 0 Å². The van der Waals surface area contributed by atoms with Crippen LogP contribution in [0.15, 0.2) is 40.8 Å². The number of ketones is 1. The fourth-order valence-electron chi connectivity index (χ4n) is 5.40. The number of Topliss-reactive ketones (excluding diaryl/α,β-unsaturated/α-hetero) is 1. The molecule has 7 heterocycles. The molecule has 0 spiro atoms. The minimum atomic E-state index is -4.25. The van der Waals surface area contributed by atoms with E-state index in [-0.39, 0.29) is 48.1 Å². The highest BCUT2D eigenvalue weighted by Crippen LogP contribution is 2.60. The Morgan fingerprint density at radius 3 is 2.58 bits per heavy atom. The zero-order valence-electron chi connectivity index (χ0n) is 21.8. The summed E-state index contributed by atoms with van der Waals surface area (Å²) < 4.78 is 81.0. The average molecular weight is 677 g/mol. The molecule has 0 amide bonds. The van der Waals surface area contributed by atoms with Crippen LogP contribution in [0.4, 0.5) is 10.2 Å². The summed E-state index contributed by atoms with van der Waals surface area (Å²) in [6, 6.07) is 1.30. The Kier molecular flexibility index (Phi) is 7.56. The van der Waals surface area contributed by atoms with E-state index in [0.29, 0.717) is 0 Å². The quantitative estimate of drug-likeness (QED) is 0.300. The Bertz CT molecular complexity index is 1780. The maximum Gasteiger partial charge on any atom is 0.386 e. The highest BCUT2D eigenvalue weighted by Gasteiger charge is 2.52. The summed E-state index contributed by atoms with van der Waals surface area (Å²) in [4.78, 5) is 36.8. The Labute approximate surface area is 251 Å². The number of nitrogens with zero attached hydrogens (tertiary/aromatic N) is 6. The van der Waals surface area contributed by atoms with E-state index in [1.54, 1.807) is 0 Å². The standard InChI is InChI=1S/C22H23FN6O10P2S2/c23-16-18-14(37-21(16)29-10-26-17-12(30)1-3-24-19(17)29)9-35-40(32,42)38-13-7-11(8-34-41(33,43)39-18)36-20(13)28-5-2-15(31)27-6-4-25-22(27)28/h2-6,10-11,13-14,16,18,20-21H,1,7-9H2,(H,32,42)(H,33,43)/t11-,13+,14+,16-,18+,20+,21+,40+,41?/m0/s1. The van der Waals surface area contributed by atoms with Crippen LogP contribution in [0.5, 0.6) is 0 Å². The number of imidazole rings is 2. The third-order valence-electron chi connectivity index (χ3n) is 7.30. The average Bonchev–Trinajstić information content (AvgIpc) is 3.74. The van der Waals surface area contributed by atoms with Crippen LogP contribution < -0.4 is 5.56 Å². The van der Waals surface area contributed by atoms with E-state index in [2.05, 4.69) is 39.5 Å². The zero-order chi connectivity index (χ0) is 30.1. The Morgan fingerprint density at radius 2 is 1.74 bits per heavy atom. The molecule has 0 N–H and O–H groups in total. The van der Waals surface area contributed by atoms with Crippen molar-refractivity contribution >= 4 is 61.7 Å². The number of rotatable bonds is 2. The van der Waals surface area contributed by atoms with Gasteiger partial charge in [-0.1, -0.05) is 24.5 Å². The van der Waals surface area contributed by atoms with Gasteiger partial charge in [0.15, 0.2) is 35.9 Å². The van der Waals surface area contributed by atoms with Crippen LogP contribution in [0, 0.1) is 0 Å². The molecule has 0 aliphatic carbocycles. The van der Waals surface area contributed by atoms with Crippen molar-refractivity contribution in [3.05, 3.63) is 47.0 Å². The van der Waals surface area contributed by atoms with Crippen molar-refractivity contribution < 1.29 is 45.9 Å². The van der Waals surface area contributed by atoms with E-state index in [4.69, 9.17) is 27.6 Å². The lowest BCUT2D eigenvalue weighted by molar-refractivity contribution is -0.0566. The third kappa shape index (κ3) is 5.49. The molecule has 21 heteroatoms. The van der Waals surface area contributed by atoms with Crippen molar-refractivity contribution in [1.82, 2.24) is 23.5 Å². The highest BCUT2D eigenvalue weighted by atomic mass is 32.7. The van der Waals surface area contributed by atoms with Gasteiger partial charge in [-0.25, -0.2) is 28.5 Å². The predicted molar refractivity (Wildman–Crippen MR) is 151 cm³/mol. The van der Waals surface area contributed by atoms with Crippen LogP contribution in [-0.4, -0.2) is 79.3 Å². The number of alkyl halides is 1. The van der Waals surface area contributed by atoms with Gasteiger partial charge >= 0.3 is 13.6 Å². The Balaban J connectivity index is 1.18. The van der Waals surface area contributed by atoms with Crippen LogP contribution in [0.1, 0.15) is 35.8 Å². The number of aliphatic imine (C=N–C) groups is 1. The van der Waals surface area contributed by atoms with Crippen molar-refractivity contribution in [3.63, 3.8) is 0 Å². The molecule has 0 saturated carbocycles. The molecule has 230 valence electrons. The summed E-state index contributed by atoms with van der Waals surface area (Å²) in [5, 5.41) is 0. The van der Waals surface area contributed by atoms with E-state index in [1.165, 1.54) is 50.7 Å². The molecule has 3 aromatic heterocycles. The molecular formula is C22H23FN6O10P2S2. The first kappa shape index (κ1) is 29.5. The molecule has 4 aliphatic heterocycles. The molecule has 43 heavy (non-hydrogen) atoms. The smallest absolute Gasteiger partial charge is 0.349 e. The van der Waals surface area contributed by atoms with E-state index in [1.807, 2.05) is 0 Å². The number of carbonyl (C=O) groups is 1. The van der Waals surface area contributed by atoms with Gasteiger partial charge in [-0.2, -0.15) is 0 Å². The number of hydrogen-bond acceptors (Lipinski definition) is 13. The number of hydrogen-bond donors (Lipinski definition) is 2. The predicted octanol–water partition coefficient (Wildman–Crippen LogP) is 3.10. The first-order valence-electron chi connectivity index (χ1n) is 12.9. The van der Waals surface area contributed by atoms with Gasteiger partial charge in [0.2, 0.25) is 5.78 Å². The molecule has 0 radical (unpaired) electrons. The van der Waals surface area contributed by atoms with E-state index >= 15 is 4.39 Å². The molecule has 3 fully saturated rings. The molecule has 7 rings (SSSR count). The molecule has 2 bridgehead atoms. The number of ether oxygens (including phenoxy) is 2. The van der Waals surface area contributed by atoms with Crippen molar-refractivity contribution in [2.45, 2.75) is 55.9 Å². The van der Waals surface area contributed by atoms with Gasteiger partial charge in [0.05, 0.1) is 25.6 Å². The van der Waals surface area contributed by atoms with Gasteiger partial charge in [0.1, 0.15) is 18.3 Å². The lowest BCUT2D eigenvalue weighted by Gasteiger charge is -2.26. The van der Waals surface area contributed by atoms with Crippen molar-refractivity contribution in [2.24, 2.45) is 4.99 Å². The molecule has 1 unspecified atom stereocenters. The van der Waals surface area contributed by atoms with Crippen LogP contribution in [0.3, 0.4) is 0 Å². The first-order chi connectivity index (χ1) is 20.5. The second-order valence-corrected chi connectivity index (χ2v) is 15.8. The number of fused-ring (bicyclic) bond motifs is 5. The van der Waals surface area contributed by atoms with Gasteiger partial charge < -0.3 is 9.47 Å². The second kappa shape index (κ2) is 11.0. The minimum Gasteiger partial charge on any atom is -0.349 e. The van der Waals surface area contributed by atoms with Gasteiger partial charge in [-0.3, -0.25) is 41.2 Å². The summed E-state index contributed by atoms with van der Waals surface area (Å²) in [5.41, 5.74) is -0.280. The first-order valence-corrected chi connectivity index (χ1v) is 18.3. The van der Waals surface area contributed by atoms with Gasteiger partial charge in [0, 0.05) is 43.7 Å². The van der Waals surface area contributed by atoms with Crippen LogP contribution in [0.25, 0.3) is 5.78 Å². The lowest BCUT2D eigenvalue weighted by atomic mass is 10.1. The summed E-state index contributed by atoms with van der Waals surface area (Å²) in [6.45, 7) is -9.33. The number of halogens is 1. The third-order valence-corrected chi connectivity index (χ3v) is 10.6. The van der Waals surface area contributed by atoms with Crippen molar-refractivity contribution in [1.29, 1.82) is 0 Å². The summed E-state index contributed by atoms with van der Waals surface area (Å²) >= 11 is 8.17. The number of thiol groups is 2. The monoisotopic (exact) mass is 676 g/mol. The maximum absolute atomic E-state index is 15.9. The number of aromatic nitrogens is 5. The largest absolute Gasteiger partial charge is 0.386 e. The summed E-state index contributed by atoms with van der Waals surface area (Å²) in [6.07, 6.45) is -1.99. The minimum absolute atomic E-state index is 0.0504. The van der Waals surface area contributed by atoms with Gasteiger partial charge in [0.25, 0.3) is 5.56 Å². The Morgan fingerprint density at radius 1 is 0.953 bits per heavy atom. The zero-order valence-corrected chi connectivity index (χ0v) is 25.3. The molecule has 9 atom stereocenters.